The molecular weight excluding hydrogens is 472 g/mol. The Morgan fingerprint density at radius 2 is 1.94 bits per heavy atom. The van der Waals surface area contributed by atoms with Crippen LogP contribution in [0.3, 0.4) is 0 Å². The molecule has 2 fully saturated rings. The Labute approximate surface area is 205 Å². The molecule has 0 aliphatic carbocycles. The molecule has 0 aromatic carbocycles. The number of hydrogen-bond donors (Lipinski definition) is 3. The topological polar surface area (TPSA) is 137 Å². The molecule has 0 unspecified atom stereocenters. The fraction of sp³-hybridized carbons (Fsp3) is 0.619. The number of nitrogens with zero attached hydrogens (tertiary/aromatic N) is 8. The highest BCUT2D eigenvalue weighted by molar-refractivity contribution is 7.72. The number of ether oxygens (including phenoxy) is 1. The Hall–Kier alpha value is -2.81. The molecule has 0 atom stereocenters. The monoisotopic (exact) mass is 504 g/mol. The molecule has 3 aromatic rings. The lowest BCUT2D eigenvalue weighted by molar-refractivity contribution is 0.144. The molecule has 5 heterocycles. The van der Waals surface area contributed by atoms with E-state index in [9.17, 15) is 8.42 Å². The Balaban J connectivity index is 1.37. The molecule has 3 aromatic heterocycles. The summed E-state index contributed by atoms with van der Waals surface area (Å²) in [5.41, 5.74) is 3.45. The number of likely N-dealkylation sites (tertiary alicyclic amines) is 1. The largest absolute Gasteiger partial charge is 0.383 e. The number of thiol groups is 1. The quantitative estimate of drug-likeness (QED) is 0.332. The Kier molecular flexibility index (Phi) is 7.41. The maximum Gasteiger partial charge on any atom is 0.243 e. The average Bonchev–Trinajstić information content (AvgIpc) is 3.53. The molecule has 35 heavy (non-hydrogen) atoms. The van der Waals surface area contributed by atoms with Crippen molar-refractivity contribution in [3.63, 3.8) is 0 Å². The van der Waals surface area contributed by atoms with Crippen LogP contribution in [0.4, 0.5) is 11.6 Å². The van der Waals surface area contributed by atoms with Crippen LogP contribution in [0.1, 0.15) is 12.8 Å². The Morgan fingerprint density at radius 1 is 1.14 bits per heavy atom. The van der Waals surface area contributed by atoms with Crippen molar-refractivity contribution < 1.29 is 13.2 Å². The van der Waals surface area contributed by atoms with Crippen LogP contribution in [-0.4, -0.2) is 119 Å². The minimum Gasteiger partial charge on any atom is -0.383 e. The maximum absolute atomic E-state index is 11.0. The minimum absolute atomic E-state index is 0.124. The van der Waals surface area contributed by atoms with Gasteiger partial charge in [-0.15, -0.1) is 5.10 Å². The molecule has 2 N–H and O–H groups in total. The number of aromatic nitrogens is 6. The van der Waals surface area contributed by atoms with Gasteiger partial charge in [0, 0.05) is 70.7 Å². The fourth-order valence-corrected chi connectivity index (χ4v) is 5.38. The molecule has 5 rings (SSSR count). The van der Waals surface area contributed by atoms with E-state index < -0.39 is 10.7 Å². The second-order valence-corrected chi connectivity index (χ2v) is 9.91. The van der Waals surface area contributed by atoms with Gasteiger partial charge in [-0.3, -0.25) is 14.9 Å². The number of anilines is 2. The van der Waals surface area contributed by atoms with Gasteiger partial charge in [-0.2, -0.15) is 14.6 Å². The SMILES string of the molecule is COCCN1CCN(c2c(-c3cn[nH]c3)ncn3nc(NC4CCN(C[SH](=O)=O)CC4)nc23)CC1. The normalized spacial score (nSPS) is 18.6. The van der Waals surface area contributed by atoms with Gasteiger partial charge in [0.25, 0.3) is 0 Å². The first kappa shape index (κ1) is 23.9. The number of fused-ring (bicyclic) bond motifs is 1. The van der Waals surface area contributed by atoms with Crippen molar-refractivity contribution in [1.29, 1.82) is 0 Å². The summed E-state index contributed by atoms with van der Waals surface area (Å²) in [5, 5.41) is 15.1. The van der Waals surface area contributed by atoms with Crippen molar-refractivity contribution in [2.24, 2.45) is 0 Å². The number of piperidine rings is 1. The zero-order chi connectivity index (χ0) is 24.2. The van der Waals surface area contributed by atoms with Crippen LogP contribution >= 0.6 is 0 Å². The molecule has 0 bridgehead atoms. The molecular formula is C21H32N10O3S. The van der Waals surface area contributed by atoms with Crippen molar-refractivity contribution in [3.8, 4) is 11.3 Å². The van der Waals surface area contributed by atoms with Crippen molar-refractivity contribution in [2.75, 3.05) is 75.6 Å². The van der Waals surface area contributed by atoms with Gasteiger partial charge in [-0.05, 0) is 12.8 Å². The summed E-state index contributed by atoms with van der Waals surface area (Å²) in [7, 11) is -0.653. The lowest BCUT2D eigenvalue weighted by Crippen LogP contribution is -2.47. The van der Waals surface area contributed by atoms with Gasteiger partial charge in [0.2, 0.25) is 5.95 Å². The summed E-state index contributed by atoms with van der Waals surface area (Å²) < 4.78 is 29.0. The van der Waals surface area contributed by atoms with Crippen LogP contribution in [0.25, 0.3) is 16.9 Å². The van der Waals surface area contributed by atoms with Crippen LogP contribution in [0.2, 0.25) is 0 Å². The van der Waals surface area contributed by atoms with E-state index in [2.05, 4.69) is 30.4 Å². The van der Waals surface area contributed by atoms with E-state index in [-0.39, 0.29) is 11.9 Å². The molecule has 0 saturated carbocycles. The first-order valence-corrected chi connectivity index (χ1v) is 13.3. The molecule has 190 valence electrons. The minimum atomic E-state index is -2.38. The zero-order valence-electron chi connectivity index (χ0n) is 19.8. The van der Waals surface area contributed by atoms with E-state index in [0.29, 0.717) is 5.95 Å². The van der Waals surface area contributed by atoms with Gasteiger partial charge < -0.3 is 15.0 Å². The molecule has 0 amide bonds. The standard InChI is InChI=1S/C21H32N10O3S/c1-34-11-10-28-6-8-30(9-7-28)19-18(16-12-23-24-13-16)22-14-31-20(19)26-21(27-31)25-17-2-4-29(5-3-17)15-35(32)33/h12-14,17,35H,2-11,15H2,1H3,(H,23,24)(H,25,27). The highest BCUT2D eigenvalue weighted by atomic mass is 32.2. The smallest absolute Gasteiger partial charge is 0.243 e. The fourth-order valence-electron chi connectivity index (χ4n) is 4.77. The molecule has 13 nitrogen and oxygen atoms in total. The van der Waals surface area contributed by atoms with Gasteiger partial charge in [0.15, 0.2) is 16.4 Å². The number of piperazine rings is 1. The summed E-state index contributed by atoms with van der Waals surface area (Å²) in [6.07, 6.45) is 7.00. The van der Waals surface area contributed by atoms with Gasteiger partial charge in [0.1, 0.15) is 17.7 Å². The third kappa shape index (κ3) is 5.55. The van der Waals surface area contributed by atoms with E-state index in [1.54, 1.807) is 24.1 Å². The Morgan fingerprint density at radius 3 is 2.63 bits per heavy atom. The van der Waals surface area contributed by atoms with Gasteiger partial charge in [-0.1, -0.05) is 0 Å². The molecule has 2 aliphatic rings. The van der Waals surface area contributed by atoms with Crippen LogP contribution < -0.4 is 10.2 Å². The van der Waals surface area contributed by atoms with Crippen molar-refractivity contribution in [3.05, 3.63) is 18.7 Å². The van der Waals surface area contributed by atoms with Crippen LogP contribution in [0.5, 0.6) is 0 Å². The highest BCUT2D eigenvalue weighted by Gasteiger charge is 2.26. The third-order valence-corrected chi connectivity index (χ3v) is 7.30. The predicted molar refractivity (Wildman–Crippen MR) is 132 cm³/mol. The van der Waals surface area contributed by atoms with Gasteiger partial charge >= 0.3 is 0 Å². The van der Waals surface area contributed by atoms with Crippen molar-refractivity contribution in [1.82, 2.24) is 39.6 Å². The summed E-state index contributed by atoms with van der Waals surface area (Å²) >= 11 is 0. The lowest BCUT2D eigenvalue weighted by atomic mass is 10.1. The molecule has 0 spiro atoms. The van der Waals surface area contributed by atoms with Crippen LogP contribution in [-0.2, 0) is 15.4 Å². The van der Waals surface area contributed by atoms with E-state index in [1.807, 2.05) is 11.1 Å². The number of H-pyrrole nitrogens is 1. The molecule has 2 aliphatic heterocycles. The van der Waals surface area contributed by atoms with Gasteiger partial charge in [0.05, 0.1) is 18.7 Å². The maximum atomic E-state index is 11.0. The molecule has 2 saturated heterocycles. The van der Waals surface area contributed by atoms with E-state index in [1.165, 1.54) is 0 Å². The Bertz CT molecular complexity index is 1170. The first-order valence-electron chi connectivity index (χ1n) is 11.9. The van der Waals surface area contributed by atoms with Gasteiger partial charge in [-0.25, -0.2) is 13.4 Å². The lowest BCUT2D eigenvalue weighted by Gasteiger charge is -2.36. The average molecular weight is 505 g/mol. The summed E-state index contributed by atoms with van der Waals surface area (Å²) in [6, 6.07) is 0.197. The van der Waals surface area contributed by atoms with E-state index in [4.69, 9.17) is 14.7 Å². The second kappa shape index (κ2) is 10.8. The number of methoxy groups -OCH3 is 1. The van der Waals surface area contributed by atoms with Crippen molar-refractivity contribution >= 4 is 28.0 Å². The van der Waals surface area contributed by atoms with E-state index >= 15 is 0 Å². The number of nitrogens with one attached hydrogen (secondary N) is 2. The second-order valence-electron chi connectivity index (χ2n) is 8.96. The van der Waals surface area contributed by atoms with Crippen LogP contribution in [0, 0.1) is 0 Å². The summed E-state index contributed by atoms with van der Waals surface area (Å²) in [5.74, 6) is 0.684. The highest BCUT2D eigenvalue weighted by Crippen LogP contribution is 2.33. The van der Waals surface area contributed by atoms with E-state index in [0.717, 1.165) is 87.9 Å². The first-order chi connectivity index (χ1) is 17.1. The number of aromatic amines is 1. The number of hydrogen-bond acceptors (Lipinski definition) is 11. The molecule has 14 heteroatoms. The predicted octanol–water partition coefficient (Wildman–Crippen LogP) is -0.272. The summed E-state index contributed by atoms with van der Waals surface area (Å²) in [4.78, 5) is 16.3. The van der Waals surface area contributed by atoms with Crippen molar-refractivity contribution in [2.45, 2.75) is 18.9 Å². The summed E-state index contributed by atoms with van der Waals surface area (Å²) in [6.45, 7) is 6.69. The molecule has 0 radical (unpaired) electrons. The third-order valence-electron chi connectivity index (χ3n) is 6.67. The number of rotatable bonds is 9. The zero-order valence-corrected chi connectivity index (χ0v) is 20.7. The van der Waals surface area contributed by atoms with Crippen LogP contribution in [0.15, 0.2) is 18.7 Å².